The Morgan fingerprint density at radius 3 is 2.72 bits per heavy atom. The molecule has 0 aliphatic carbocycles. The molecule has 1 aromatic heterocycles. The van der Waals surface area contributed by atoms with Crippen LogP contribution in [-0.2, 0) is 9.84 Å². The number of hydrogen-bond acceptors (Lipinski definition) is 7. The number of carbonyl (C=O) groups excluding carboxylic acids is 1. The molecular weight excluding hydrogens is 344 g/mol. The molecule has 9 heteroatoms. The average Bonchev–Trinajstić information content (AvgIpc) is 2.94. The van der Waals surface area contributed by atoms with E-state index in [1.165, 1.54) is 6.07 Å². The molecule has 3 rings (SSSR count). The lowest BCUT2D eigenvalue weighted by molar-refractivity contribution is 0.102. The van der Waals surface area contributed by atoms with E-state index in [4.69, 9.17) is 4.74 Å². The van der Waals surface area contributed by atoms with E-state index in [1.54, 1.807) is 37.4 Å². The Kier molecular flexibility index (Phi) is 4.84. The van der Waals surface area contributed by atoms with Crippen LogP contribution in [0.2, 0.25) is 0 Å². The van der Waals surface area contributed by atoms with Gasteiger partial charge >= 0.3 is 0 Å². The molecule has 0 saturated carbocycles. The second-order valence-electron chi connectivity index (χ2n) is 5.73. The van der Waals surface area contributed by atoms with Gasteiger partial charge in [0.2, 0.25) is 0 Å². The second kappa shape index (κ2) is 7.06. The van der Waals surface area contributed by atoms with Crippen LogP contribution in [0.5, 0.6) is 5.75 Å². The molecule has 0 spiro atoms. The van der Waals surface area contributed by atoms with Crippen LogP contribution in [-0.4, -0.2) is 49.2 Å². The van der Waals surface area contributed by atoms with Gasteiger partial charge in [-0.2, -0.15) is 0 Å². The molecule has 0 bridgehead atoms. The van der Waals surface area contributed by atoms with Gasteiger partial charge in [-0.3, -0.25) is 4.79 Å². The Morgan fingerprint density at radius 1 is 1.24 bits per heavy atom. The number of rotatable bonds is 5. The number of nitrogens with zero attached hydrogens (tertiary/aromatic N) is 2. The number of carbonyl (C=O) groups is 1. The standard InChI is InChI=1S/C16H18N4O4S/c1-24-13-4-2-3-11(9-13)18-16(21)14-5-6-15(20-19-14)17-12-7-8-25(22,23)10-12/h2-6,9,12H,7-8,10H2,1H3,(H,17,20)(H,18,21). The summed E-state index contributed by atoms with van der Waals surface area (Å²) in [6.07, 6.45) is 0.544. The van der Waals surface area contributed by atoms with Crippen molar-refractivity contribution in [2.75, 3.05) is 29.2 Å². The van der Waals surface area contributed by atoms with Crippen LogP contribution in [0.25, 0.3) is 0 Å². The van der Waals surface area contributed by atoms with Crippen molar-refractivity contribution in [2.24, 2.45) is 0 Å². The van der Waals surface area contributed by atoms with Crippen LogP contribution in [0.15, 0.2) is 36.4 Å². The first kappa shape index (κ1) is 17.2. The number of ether oxygens (including phenoxy) is 1. The van der Waals surface area contributed by atoms with Crippen molar-refractivity contribution in [3.05, 3.63) is 42.1 Å². The molecule has 2 heterocycles. The number of aromatic nitrogens is 2. The Morgan fingerprint density at radius 2 is 2.08 bits per heavy atom. The number of anilines is 2. The highest BCUT2D eigenvalue weighted by Gasteiger charge is 2.28. The van der Waals surface area contributed by atoms with Gasteiger partial charge in [-0.25, -0.2) is 8.42 Å². The van der Waals surface area contributed by atoms with Crippen LogP contribution in [0, 0.1) is 0 Å². The molecule has 1 aliphatic heterocycles. The number of nitrogens with one attached hydrogen (secondary N) is 2. The number of amides is 1. The largest absolute Gasteiger partial charge is 0.497 e. The molecule has 2 N–H and O–H groups in total. The molecule has 1 saturated heterocycles. The topological polar surface area (TPSA) is 110 Å². The highest BCUT2D eigenvalue weighted by atomic mass is 32.2. The van der Waals surface area contributed by atoms with Crippen LogP contribution >= 0.6 is 0 Å². The van der Waals surface area contributed by atoms with Crippen molar-refractivity contribution < 1.29 is 17.9 Å². The average molecular weight is 362 g/mol. The maximum atomic E-state index is 12.2. The van der Waals surface area contributed by atoms with Crippen molar-refractivity contribution in [1.82, 2.24) is 10.2 Å². The summed E-state index contributed by atoms with van der Waals surface area (Å²) in [6, 6.07) is 9.96. The lowest BCUT2D eigenvalue weighted by Gasteiger charge is -2.11. The fourth-order valence-corrected chi connectivity index (χ4v) is 4.22. The number of hydrogen-bond donors (Lipinski definition) is 2. The van der Waals surface area contributed by atoms with Gasteiger partial charge in [0.15, 0.2) is 15.5 Å². The van der Waals surface area contributed by atoms with E-state index < -0.39 is 15.7 Å². The molecule has 1 amide bonds. The van der Waals surface area contributed by atoms with Gasteiger partial charge < -0.3 is 15.4 Å². The zero-order chi connectivity index (χ0) is 17.9. The molecule has 25 heavy (non-hydrogen) atoms. The van der Waals surface area contributed by atoms with E-state index in [0.717, 1.165) is 0 Å². The molecule has 132 valence electrons. The third kappa shape index (κ3) is 4.44. The third-order valence-corrected chi connectivity index (χ3v) is 5.58. The highest BCUT2D eigenvalue weighted by molar-refractivity contribution is 7.91. The van der Waals surface area contributed by atoms with Crippen LogP contribution in [0.4, 0.5) is 11.5 Å². The Balaban J connectivity index is 1.62. The summed E-state index contributed by atoms with van der Waals surface area (Å²) < 4.78 is 28.0. The zero-order valence-electron chi connectivity index (χ0n) is 13.6. The molecule has 1 unspecified atom stereocenters. The second-order valence-corrected chi connectivity index (χ2v) is 7.96. The van der Waals surface area contributed by atoms with E-state index in [-0.39, 0.29) is 23.2 Å². The van der Waals surface area contributed by atoms with E-state index in [0.29, 0.717) is 23.7 Å². The first-order chi connectivity index (χ1) is 11.9. The molecule has 1 fully saturated rings. The van der Waals surface area contributed by atoms with Crippen molar-refractivity contribution in [3.8, 4) is 5.75 Å². The van der Waals surface area contributed by atoms with Gasteiger partial charge in [0.25, 0.3) is 5.91 Å². The minimum atomic E-state index is -2.96. The number of sulfone groups is 1. The SMILES string of the molecule is COc1cccc(NC(=O)c2ccc(NC3CCS(=O)(=O)C3)nn2)c1. The quantitative estimate of drug-likeness (QED) is 0.826. The van der Waals surface area contributed by atoms with E-state index >= 15 is 0 Å². The molecule has 1 aromatic carbocycles. The number of benzene rings is 1. The van der Waals surface area contributed by atoms with E-state index in [9.17, 15) is 13.2 Å². The summed E-state index contributed by atoms with van der Waals surface area (Å²) in [4.78, 5) is 12.2. The summed E-state index contributed by atoms with van der Waals surface area (Å²) >= 11 is 0. The van der Waals surface area contributed by atoms with Gasteiger partial charge in [0.1, 0.15) is 11.6 Å². The Hall–Kier alpha value is -2.68. The highest BCUT2D eigenvalue weighted by Crippen LogP contribution is 2.18. The summed E-state index contributed by atoms with van der Waals surface area (Å²) in [6.45, 7) is 0. The van der Waals surface area contributed by atoms with Gasteiger partial charge in [0.05, 0.1) is 18.6 Å². The van der Waals surface area contributed by atoms with Gasteiger partial charge in [-0.15, -0.1) is 10.2 Å². The lowest BCUT2D eigenvalue weighted by Crippen LogP contribution is -2.22. The normalized spacial score (nSPS) is 18.5. The first-order valence-electron chi connectivity index (χ1n) is 7.71. The summed E-state index contributed by atoms with van der Waals surface area (Å²) in [5, 5.41) is 13.6. The fraction of sp³-hybridized carbons (Fsp3) is 0.312. The van der Waals surface area contributed by atoms with Crippen molar-refractivity contribution >= 4 is 27.2 Å². The molecule has 0 radical (unpaired) electrons. The Labute approximate surface area is 145 Å². The zero-order valence-corrected chi connectivity index (χ0v) is 14.4. The third-order valence-electron chi connectivity index (χ3n) is 3.81. The van der Waals surface area contributed by atoms with Crippen molar-refractivity contribution in [2.45, 2.75) is 12.5 Å². The minimum Gasteiger partial charge on any atom is -0.497 e. The Bertz CT molecular complexity index is 868. The maximum Gasteiger partial charge on any atom is 0.276 e. The summed E-state index contributed by atoms with van der Waals surface area (Å²) in [5.74, 6) is 0.956. The predicted molar refractivity (Wildman–Crippen MR) is 93.7 cm³/mol. The van der Waals surface area contributed by atoms with Crippen LogP contribution in [0.1, 0.15) is 16.9 Å². The van der Waals surface area contributed by atoms with Crippen LogP contribution in [0.3, 0.4) is 0 Å². The maximum absolute atomic E-state index is 12.2. The van der Waals surface area contributed by atoms with E-state index in [2.05, 4.69) is 20.8 Å². The van der Waals surface area contributed by atoms with Gasteiger partial charge in [0, 0.05) is 17.8 Å². The smallest absolute Gasteiger partial charge is 0.276 e. The molecule has 2 aromatic rings. The predicted octanol–water partition coefficient (Wildman–Crippen LogP) is 1.34. The molecular formula is C16H18N4O4S. The van der Waals surface area contributed by atoms with Crippen molar-refractivity contribution in [1.29, 1.82) is 0 Å². The van der Waals surface area contributed by atoms with Gasteiger partial charge in [-0.05, 0) is 30.7 Å². The van der Waals surface area contributed by atoms with Crippen molar-refractivity contribution in [3.63, 3.8) is 0 Å². The minimum absolute atomic E-state index is 0.0900. The first-order valence-corrected chi connectivity index (χ1v) is 9.53. The molecule has 1 aliphatic rings. The molecule has 1 atom stereocenters. The van der Waals surface area contributed by atoms with E-state index in [1.807, 2.05) is 0 Å². The monoisotopic (exact) mass is 362 g/mol. The summed E-state index contributed by atoms with van der Waals surface area (Å²) in [5.41, 5.74) is 0.747. The fourth-order valence-electron chi connectivity index (χ4n) is 2.54. The lowest BCUT2D eigenvalue weighted by atomic mass is 10.2. The molecule has 8 nitrogen and oxygen atoms in total. The number of methoxy groups -OCH3 is 1. The van der Waals surface area contributed by atoms with Gasteiger partial charge in [-0.1, -0.05) is 6.07 Å². The summed E-state index contributed by atoms with van der Waals surface area (Å²) in [7, 11) is -1.41. The van der Waals surface area contributed by atoms with Crippen LogP contribution < -0.4 is 15.4 Å².